The molecule has 136 valence electrons. The van der Waals surface area contributed by atoms with Crippen LogP contribution >= 0.6 is 0 Å². The molecule has 4 atom stereocenters. The van der Waals surface area contributed by atoms with Crippen molar-refractivity contribution in [3.63, 3.8) is 0 Å². The standard InChI is InChI=1S/C18H30N2O4/c1-17(2,3)14(19-10-8-24-9-10)15(21)20-7-11-12(18(11,4)5)13(20)16(22)23-6/h10-14,19H,7-9H2,1-6H3/t11-,12-,13-,14+/m0/s1. The highest BCUT2D eigenvalue weighted by molar-refractivity contribution is 5.89. The average Bonchev–Trinajstić information content (AvgIpc) is 2.83. The number of carbonyl (C=O) groups excluding carboxylic acids is 2. The van der Waals surface area contributed by atoms with Crippen LogP contribution in [0.5, 0.6) is 0 Å². The summed E-state index contributed by atoms with van der Waals surface area (Å²) in [5, 5.41) is 3.43. The summed E-state index contributed by atoms with van der Waals surface area (Å²) in [6.07, 6.45) is 0. The van der Waals surface area contributed by atoms with E-state index in [4.69, 9.17) is 9.47 Å². The first-order valence-corrected chi connectivity index (χ1v) is 8.81. The fraction of sp³-hybridized carbons (Fsp3) is 0.889. The number of amides is 1. The number of fused-ring (bicyclic) bond motifs is 1. The molecule has 24 heavy (non-hydrogen) atoms. The van der Waals surface area contributed by atoms with Gasteiger partial charge in [-0.1, -0.05) is 34.6 Å². The van der Waals surface area contributed by atoms with Gasteiger partial charge < -0.3 is 14.4 Å². The van der Waals surface area contributed by atoms with E-state index in [9.17, 15) is 9.59 Å². The van der Waals surface area contributed by atoms with Crippen LogP contribution in [0.3, 0.4) is 0 Å². The number of nitrogens with one attached hydrogen (secondary N) is 1. The van der Waals surface area contributed by atoms with Crippen LogP contribution < -0.4 is 5.32 Å². The van der Waals surface area contributed by atoms with Gasteiger partial charge in [0.2, 0.25) is 5.91 Å². The highest BCUT2D eigenvalue weighted by Gasteiger charge is 2.70. The Morgan fingerprint density at radius 1 is 1.29 bits per heavy atom. The number of likely N-dealkylation sites (tertiary alicyclic amines) is 1. The summed E-state index contributed by atoms with van der Waals surface area (Å²) in [4.78, 5) is 27.4. The van der Waals surface area contributed by atoms with Gasteiger partial charge >= 0.3 is 5.97 Å². The van der Waals surface area contributed by atoms with Crippen LogP contribution in [0.1, 0.15) is 34.6 Å². The van der Waals surface area contributed by atoms with Crippen molar-refractivity contribution < 1.29 is 19.1 Å². The van der Waals surface area contributed by atoms with E-state index in [0.29, 0.717) is 25.7 Å². The second-order valence-electron chi connectivity index (χ2n) is 9.11. The Morgan fingerprint density at radius 2 is 1.92 bits per heavy atom. The molecule has 3 fully saturated rings. The van der Waals surface area contributed by atoms with Gasteiger partial charge in [-0.25, -0.2) is 4.79 Å². The third-order valence-corrected chi connectivity index (χ3v) is 6.09. The Labute approximate surface area is 144 Å². The Kier molecular flexibility index (Phi) is 4.20. The molecule has 0 spiro atoms. The quantitative estimate of drug-likeness (QED) is 0.776. The largest absolute Gasteiger partial charge is 0.467 e. The molecule has 0 unspecified atom stereocenters. The van der Waals surface area contributed by atoms with E-state index >= 15 is 0 Å². The smallest absolute Gasteiger partial charge is 0.328 e. The van der Waals surface area contributed by atoms with Gasteiger partial charge in [-0.3, -0.25) is 10.1 Å². The van der Waals surface area contributed by atoms with Gasteiger partial charge in [-0.05, 0) is 16.7 Å². The third kappa shape index (κ3) is 2.73. The Hall–Kier alpha value is -1.14. The van der Waals surface area contributed by atoms with Crippen molar-refractivity contribution in [2.24, 2.45) is 22.7 Å². The minimum Gasteiger partial charge on any atom is -0.467 e. The first-order valence-electron chi connectivity index (χ1n) is 8.81. The normalized spacial score (nSPS) is 32.8. The topological polar surface area (TPSA) is 67.9 Å². The molecular weight excluding hydrogens is 308 g/mol. The summed E-state index contributed by atoms with van der Waals surface area (Å²) < 4.78 is 10.2. The molecule has 6 nitrogen and oxygen atoms in total. The zero-order valence-corrected chi connectivity index (χ0v) is 15.6. The van der Waals surface area contributed by atoms with E-state index in [1.165, 1.54) is 7.11 Å². The van der Waals surface area contributed by atoms with E-state index < -0.39 is 6.04 Å². The maximum Gasteiger partial charge on any atom is 0.328 e. The molecule has 0 bridgehead atoms. The molecule has 0 radical (unpaired) electrons. The lowest BCUT2D eigenvalue weighted by atomic mass is 9.84. The zero-order valence-electron chi connectivity index (χ0n) is 15.6. The van der Waals surface area contributed by atoms with Crippen molar-refractivity contribution in [1.29, 1.82) is 0 Å². The summed E-state index contributed by atoms with van der Waals surface area (Å²) in [6.45, 7) is 12.4. The Balaban J connectivity index is 1.80. The molecule has 3 rings (SSSR count). The zero-order chi connectivity index (χ0) is 17.9. The molecular formula is C18H30N2O4. The lowest BCUT2D eigenvalue weighted by molar-refractivity contribution is -0.155. The molecule has 1 aliphatic carbocycles. The highest BCUT2D eigenvalue weighted by atomic mass is 16.5. The molecule has 1 saturated carbocycles. The molecule has 3 aliphatic rings. The van der Waals surface area contributed by atoms with Crippen molar-refractivity contribution in [3.05, 3.63) is 0 Å². The second-order valence-corrected chi connectivity index (χ2v) is 9.11. The van der Waals surface area contributed by atoms with Gasteiger partial charge in [0.25, 0.3) is 0 Å². The van der Waals surface area contributed by atoms with Crippen LogP contribution in [0.2, 0.25) is 0 Å². The average molecular weight is 338 g/mol. The Morgan fingerprint density at radius 3 is 2.38 bits per heavy atom. The van der Waals surface area contributed by atoms with Gasteiger partial charge in [-0.2, -0.15) is 0 Å². The van der Waals surface area contributed by atoms with Crippen LogP contribution in [-0.4, -0.2) is 61.8 Å². The number of carbonyl (C=O) groups is 2. The fourth-order valence-electron chi connectivity index (χ4n) is 4.33. The van der Waals surface area contributed by atoms with E-state index in [-0.39, 0.29) is 40.7 Å². The van der Waals surface area contributed by atoms with E-state index in [1.54, 1.807) is 4.90 Å². The second kappa shape index (κ2) is 5.70. The summed E-state index contributed by atoms with van der Waals surface area (Å²) in [5.41, 5.74) is -0.127. The van der Waals surface area contributed by atoms with Crippen molar-refractivity contribution in [3.8, 4) is 0 Å². The SMILES string of the molecule is COC(=O)[C@@H]1[C@@H]2[C@H](CN1C(=O)[C@@H](NC1COC1)C(C)(C)C)C2(C)C. The molecule has 1 N–H and O–H groups in total. The number of esters is 1. The van der Waals surface area contributed by atoms with Crippen molar-refractivity contribution in [1.82, 2.24) is 10.2 Å². The highest BCUT2D eigenvalue weighted by Crippen LogP contribution is 2.65. The lowest BCUT2D eigenvalue weighted by Gasteiger charge is -2.40. The number of methoxy groups -OCH3 is 1. The van der Waals surface area contributed by atoms with E-state index in [2.05, 4.69) is 39.9 Å². The lowest BCUT2D eigenvalue weighted by Crippen LogP contribution is -2.62. The molecule has 0 aromatic heterocycles. The monoisotopic (exact) mass is 338 g/mol. The number of piperidine rings is 1. The maximum absolute atomic E-state index is 13.3. The number of hydrogen-bond donors (Lipinski definition) is 1. The predicted octanol–water partition coefficient (Wildman–Crippen LogP) is 1.05. The van der Waals surface area contributed by atoms with Crippen molar-refractivity contribution >= 4 is 11.9 Å². The molecule has 0 aromatic carbocycles. The number of rotatable bonds is 4. The van der Waals surface area contributed by atoms with Crippen LogP contribution in [0.15, 0.2) is 0 Å². The minimum atomic E-state index is -0.452. The maximum atomic E-state index is 13.3. The number of ether oxygens (including phenoxy) is 2. The summed E-state index contributed by atoms with van der Waals surface area (Å²) in [5.74, 6) is 0.314. The molecule has 0 aromatic rings. The molecule has 1 amide bonds. The van der Waals surface area contributed by atoms with Crippen LogP contribution in [-0.2, 0) is 19.1 Å². The number of nitrogens with zero attached hydrogens (tertiary/aromatic N) is 1. The Bertz CT molecular complexity index is 536. The summed E-state index contributed by atoms with van der Waals surface area (Å²) >= 11 is 0. The van der Waals surface area contributed by atoms with Crippen molar-refractivity contribution in [2.45, 2.75) is 52.7 Å². The molecule has 2 saturated heterocycles. The molecule has 2 heterocycles. The third-order valence-electron chi connectivity index (χ3n) is 6.09. The van der Waals surface area contributed by atoms with E-state index in [1.807, 2.05) is 0 Å². The van der Waals surface area contributed by atoms with Gasteiger partial charge in [0.15, 0.2) is 0 Å². The molecule has 2 aliphatic heterocycles. The van der Waals surface area contributed by atoms with E-state index in [0.717, 1.165) is 0 Å². The van der Waals surface area contributed by atoms with Gasteiger partial charge in [0.05, 0.1) is 32.4 Å². The number of hydrogen-bond acceptors (Lipinski definition) is 5. The first-order chi connectivity index (χ1) is 11.1. The first kappa shape index (κ1) is 17.7. The van der Waals surface area contributed by atoms with Crippen LogP contribution in [0.25, 0.3) is 0 Å². The fourth-order valence-corrected chi connectivity index (χ4v) is 4.33. The van der Waals surface area contributed by atoms with Gasteiger partial charge in [0, 0.05) is 12.5 Å². The van der Waals surface area contributed by atoms with Crippen LogP contribution in [0.4, 0.5) is 0 Å². The van der Waals surface area contributed by atoms with Gasteiger partial charge in [0.1, 0.15) is 6.04 Å². The van der Waals surface area contributed by atoms with Crippen LogP contribution in [0, 0.1) is 22.7 Å². The minimum absolute atomic E-state index is 0.00722. The summed E-state index contributed by atoms with van der Waals surface area (Å²) in [7, 11) is 1.40. The predicted molar refractivity (Wildman–Crippen MR) is 89.3 cm³/mol. The summed E-state index contributed by atoms with van der Waals surface area (Å²) in [6, 6.07) is -0.575. The van der Waals surface area contributed by atoms with Gasteiger partial charge in [-0.15, -0.1) is 0 Å². The van der Waals surface area contributed by atoms with Crippen molar-refractivity contribution in [2.75, 3.05) is 26.9 Å². The molecule has 6 heteroatoms.